The van der Waals surface area contributed by atoms with Gasteiger partial charge in [-0.1, -0.05) is 0 Å². The molecule has 1 fully saturated rings. The molecule has 0 amide bonds. The van der Waals surface area contributed by atoms with Gasteiger partial charge in [0, 0.05) is 12.5 Å². The molecule has 0 bridgehead atoms. The normalized spacial score (nSPS) is 20.5. The van der Waals surface area contributed by atoms with E-state index in [4.69, 9.17) is 4.42 Å². The van der Waals surface area contributed by atoms with E-state index in [-0.39, 0.29) is 5.76 Å². The van der Waals surface area contributed by atoms with Crippen molar-refractivity contribution in [2.24, 2.45) is 0 Å². The maximum Gasteiger partial charge on any atom is 0.373 e. The van der Waals surface area contributed by atoms with E-state index >= 15 is 0 Å². The molecule has 0 spiro atoms. The first-order chi connectivity index (χ1) is 7.29. The molecule has 2 heterocycles. The van der Waals surface area contributed by atoms with E-state index in [1.54, 1.807) is 6.07 Å². The van der Waals surface area contributed by atoms with Crippen molar-refractivity contribution in [3.8, 4) is 0 Å². The van der Waals surface area contributed by atoms with Gasteiger partial charge in [0.2, 0.25) is 5.76 Å². The predicted octanol–water partition coefficient (Wildman–Crippen LogP) is 1.36. The van der Waals surface area contributed by atoms with E-state index < -0.39 is 5.97 Å². The van der Waals surface area contributed by atoms with Crippen molar-refractivity contribution in [3.05, 3.63) is 23.7 Å². The van der Waals surface area contributed by atoms with Crippen LogP contribution in [0.1, 0.15) is 29.2 Å². The van der Waals surface area contributed by atoms with Crippen molar-refractivity contribution in [2.45, 2.75) is 25.3 Å². The number of nitrogens with one attached hydrogen (secondary N) is 1. The molecule has 1 N–H and O–H groups in total. The Morgan fingerprint density at radius 1 is 1.67 bits per heavy atom. The first kappa shape index (κ1) is 10.2. The average Bonchev–Trinajstić information content (AvgIpc) is 2.88. The first-order valence-electron chi connectivity index (χ1n) is 5.20. The lowest BCUT2D eigenvalue weighted by Crippen LogP contribution is -2.23. The van der Waals surface area contributed by atoms with Crippen molar-refractivity contribution >= 4 is 5.97 Å². The number of carbonyl (C=O) groups excluding carboxylic acids is 1. The maximum absolute atomic E-state index is 11.1. The molecule has 2 rings (SSSR count). The van der Waals surface area contributed by atoms with Gasteiger partial charge in [0.1, 0.15) is 5.76 Å². The molecular formula is C11H15NO3. The molecule has 0 saturated carbocycles. The molecule has 1 aliphatic heterocycles. The third-order valence-corrected chi connectivity index (χ3v) is 2.66. The number of esters is 1. The minimum atomic E-state index is -0.416. The largest absolute Gasteiger partial charge is 0.463 e. The van der Waals surface area contributed by atoms with Crippen LogP contribution in [0.2, 0.25) is 0 Å². The smallest absolute Gasteiger partial charge is 0.373 e. The van der Waals surface area contributed by atoms with Gasteiger partial charge in [-0.15, -0.1) is 0 Å². The quantitative estimate of drug-likeness (QED) is 0.764. The molecule has 4 nitrogen and oxygen atoms in total. The zero-order valence-corrected chi connectivity index (χ0v) is 8.79. The van der Waals surface area contributed by atoms with Crippen LogP contribution in [-0.2, 0) is 11.2 Å². The number of hydrogen-bond donors (Lipinski definition) is 1. The summed E-state index contributed by atoms with van der Waals surface area (Å²) in [7, 11) is 1.35. The number of hydrogen-bond acceptors (Lipinski definition) is 4. The summed E-state index contributed by atoms with van der Waals surface area (Å²) in [6.07, 6.45) is 3.24. The Hall–Kier alpha value is -1.29. The molecule has 1 aromatic rings. The Bertz CT molecular complexity index is 339. The lowest BCUT2D eigenvalue weighted by molar-refractivity contribution is 0.0563. The fourth-order valence-electron chi connectivity index (χ4n) is 1.87. The second-order valence-corrected chi connectivity index (χ2v) is 3.75. The van der Waals surface area contributed by atoms with E-state index in [0.29, 0.717) is 6.04 Å². The van der Waals surface area contributed by atoms with Crippen molar-refractivity contribution < 1.29 is 13.9 Å². The van der Waals surface area contributed by atoms with E-state index in [0.717, 1.165) is 18.7 Å². The van der Waals surface area contributed by atoms with Gasteiger partial charge in [0.05, 0.1) is 7.11 Å². The van der Waals surface area contributed by atoms with Gasteiger partial charge >= 0.3 is 5.97 Å². The zero-order chi connectivity index (χ0) is 10.7. The first-order valence-corrected chi connectivity index (χ1v) is 5.20. The Morgan fingerprint density at radius 2 is 2.53 bits per heavy atom. The van der Waals surface area contributed by atoms with E-state index in [1.807, 2.05) is 6.07 Å². The van der Waals surface area contributed by atoms with E-state index in [2.05, 4.69) is 10.1 Å². The maximum atomic E-state index is 11.1. The van der Waals surface area contributed by atoms with Crippen molar-refractivity contribution in [1.82, 2.24) is 5.32 Å². The van der Waals surface area contributed by atoms with Crippen LogP contribution >= 0.6 is 0 Å². The Labute approximate surface area is 88.6 Å². The second kappa shape index (κ2) is 4.49. The molecular weight excluding hydrogens is 194 g/mol. The summed E-state index contributed by atoms with van der Waals surface area (Å²) < 4.78 is 9.95. The standard InChI is InChI=1S/C11H15NO3/c1-14-11(13)10-5-4-9(15-10)7-8-3-2-6-12-8/h4-5,8,12H,2-3,6-7H2,1H3. The van der Waals surface area contributed by atoms with Crippen LogP contribution in [0.15, 0.2) is 16.5 Å². The van der Waals surface area contributed by atoms with Gasteiger partial charge in [-0.25, -0.2) is 4.79 Å². The molecule has 0 aliphatic carbocycles. The molecule has 0 radical (unpaired) electrons. The highest BCUT2D eigenvalue weighted by Crippen LogP contribution is 2.15. The van der Waals surface area contributed by atoms with Gasteiger partial charge in [0.25, 0.3) is 0 Å². The van der Waals surface area contributed by atoms with Crippen molar-refractivity contribution in [1.29, 1.82) is 0 Å². The van der Waals surface area contributed by atoms with Crippen LogP contribution < -0.4 is 5.32 Å². The monoisotopic (exact) mass is 209 g/mol. The number of furan rings is 1. The molecule has 1 saturated heterocycles. The molecule has 1 aliphatic rings. The second-order valence-electron chi connectivity index (χ2n) is 3.75. The van der Waals surface area contributed by atoms with Crippen LogP contribution in [0.25, 0.3) is 0 Å². The van der Waals surface area contributed by atoms with Crippen LogP contribution in [-0.4, -0.2) is 25.7 Å². The molecule has 4 heteroatoms. The molecule has 1 unspecified atom stereocenters. The molecule has 82 valence electrons. The topological polar surface area (TPSA) is 51.5 Å². The van der Waals surface area contributed by atoms with E-state index in [1.165, 1.54) is 20.0 Å². The fourth-order valence-corrected chi connectivity index (χ4v) is 1.87. The third kappa shape index (κ3) is 2.39. The molecule has 1 atom stereocenters. The van der Waals surface area contributed by atoms with Crippen LogP contribution in [0.3, 0.4) is 0 Å². The Kier molecular flexibility index (Phi) is 3.06. The SMILES string of the molecule is COC(=O)c1ccc(CC2CCCN2)o1. The van der Waals surface area contributed by atoms with Gasteiger partial charge in [0.15, 0.2) is 0 Å². The van der Waals surface area contributed by atoms with Gasteiger partial charge in [-0.3, -0.25) is 0 Å². The molecule has 15 heavy (non-hydrogen) atoms. The van der Waals surface area contributed by atoms with E-state index in [9.17, 15) is 4.79 Å². The predicted molar refractivity (Wildman–Crippen MR) is 54.8 cm³/mol. The highest BCUT2D eigenvalue weighted by atomic mass is 16.5. The lowest BCUT2D eigenvalue weighted by Gasteiger charge is -2.06. The number of methoxy groups -OCH3 is 1. The highest BCUT2D eigenvalue weighted by Gasteiger charge is 2.17. The summed E-state index contributed by atoms with van der Waals surface area (Å²) in [5, 5.41) is 3.38. The van der Waals surface area contributed by atoms with Crippen LogP contribution in [0.5, 0.6) is 0 Å². The summed E-state index contributed by atoms with van der Waals surface area (Å²) in [5.41, 5.74) is 0. The highest BCUT2D eigenvalue weighted by molar-refractivity contribution is 5.86. The molecule has 0 aromatic carbocycles. The van der Waals surface area contributed by atoms with Crippen molar-refractivity contribution in [2.75, 3.05) is 13.7 Å². The summed E-state index contributed by atoms with van der Waals surface area (Å²) in [6, 6.07) is 3.99. The fraction of sp³-hybridized carbons (Fsp3) is 0.545. The van der Waals surface area contributed by atoms with Crippen LogP contribution in [0, 0.1) is 0 Å². The summed E-state index contributed by atoms with van der Waals surface area (Å²) in [4.78, 5) is 11.1. The van der Waals surface area contributed by atoms with Gasteiger partial charge in [-0.05, 0) is 31.5 Å². The number of carbonyl (C=O) groups is 1. The Balaban J connectivity index is 1.97. The summed E-state index contributed by atoms with van der Waals surface area (Å²) in [5.74, 6) is 0.709. The number of ether oxygens (including phenoxy) is 1. The average molecular weight is 209 g/mol. The Morgan fingerprint density at radius 3 is 3.20 bits per heavy atom. The van der Waals surface area contributed by atoms with Crippen molar-refractivity contribution in [3.63, 3.8) is 0 Å². The van der Waals surface area contributed by atoms with Crippen LogP contribution in [0.4, 0.5) is 0 Å². The lowest BCUT2D eigenvalue weighted by atomic mass is 10.1. The van der Waals surface area contributed by atoms with Gasteiger partial charge < -0.3 is 14.5 Å². The summed E-state index contributed by atoms with van der Waals surface area (Å²) >= 11 is 0. The third-order valence-electron chi connectivity index (χ3n) is 2.66. The minimum absolute atomic E-state index is 0.283. The summed E-state index contributed by atoms with van der Waals surface area (Å²) in [6.45, 7) is 1.08. The molecule has 1 aromatic heterocycles. The zero-order valence-electron chi connectivity index (χ0n) is 8.79. The van der Waals surface area contributed by atoms with Gasteiger partial charge in [-0.2, -0.15) is 0 Å². The number of rotatable bonds is 3. The minimum Gasteiger partial charge on any atom is -0.463 e.